The topological polar surface area (TPSA) is 42.0 Å². The maximum absolute atomic E-state index is 13.2. The standard InChI is InChI=1S/C24H18Cl2N2O/c1-15-22(24(29)27-14-16-6-10-18(25)11-7-16)20-4-2-3-5-21(20)28-23(15)17-8-12-19(26)13-9-17/h2-13H,14H2,1H3,(H,27,29). The molecule has 0 aliphatic rings. The normalized spacial score (nSPS) is 10.9. The molecule has 1 aromatic heterocycles. The van der Waals surface area contributed by atoms with Crippen LogP contribution in [0.1, 0.15) is 21.5 Å². The van der Waals surface area contributed by atoms with Crippen LogP contribution in [-0.2, 0) is 6.54 Å². The van der Waals surface area contributed by atoms with Crippen LogP contribution in [0, 0.1) is 6.92 Å². The van der Waals surface area contributed by atoms with Crippen molar-refractivity contribution >= 4 is 40.0 Å². The van der Waals surface area contributed by atoms with Crippen LogP contribution >= 0.6 is 23.2 Å². The van der Waals surface area contributed by atoms with Gasteiger partial charge in [-0.2, -0.15) is 0 Å². The van der Waals surface area contributed by atoms with E-state index in [-0.39, 0.29) is 5.91 Å². The molecule has 29 heavy (non-hydrogen) atoms. The monoisotopic (exact) mass is 420 g/mol. The van der Waals surface area contributed by atoms with Crippen molar-refractivity contribution < 1.29 is 4.79 Å². The van der Waals surface area contributed by atoms with Gasteiger partial charge in [-0.25, -0.2) is 4.98 Å². The van der Waals surface area contributed by atoms with Crippen LogP contribution in [0.25, 0.3) is 22.2 Å². The van der Waals surface area contributed by atoms with Gasteiger partial charge in [0.25, 0.3) is 5.91 Å². The fourth-order valence-electron chi connectivity index (χ4n) is 3.36. The van der Waals surface area contributed by atoms with Gasteiger partial charge < -0.3 is 5.32 Å². The van der Waals surface area contributed by atoms with Gasteiger partial charge in [0.05, 0.1) is 16.8 Å². The summed E-state index contributed by atoms with van der Waals surface area (Å²) < 4.78 is 0. The van der Waals surface area contributed by atoms with E-state index in [1.54, 1.807) is 0 Å². The van der Waals surface area contributed by atoms with Crippen LogP contribution in [0.15, 0.2) is 72.8 Å². The number of benzene rings is 3. The third-order valence-electron chi connectivity index (χ3n) is 4.85. The first kappa shape index (κ1) is 19.4. The second kappa shape index (κ2) is 8.24. The third-order valence-corrected chi connectivity index (χ3v) is 5.35. The van der Waals surface area contributed by atoms with Crippen LogP contribution in [0.2, 0.25) is 10.0 Å². The van der Waals surface area contributed by atoms with Crippen LogP contribution in [0.3, 0.4) is 0 Å². The highest BCUT2D eigenvalue weighted by Crippen LogP contribution is 2.30. The first-order chi connectivity index (χ1) is 14.0. The molecule has 0 atom stereocenters. The van der Waals surface area contributed by atoms with E-state index in [9.17, 15) is 4.79 Å². The summed E-state index contributed by atoms with van der Waals surface area (Å²) in [6.45, 7) is 2.35. The summed E-state index contributed by atoms with van der Waals surface area (Å²) in [6.07, 6.45) is 0. The number of hydrogen-bond donors (Lipinski definition) is 1. The van der Waals surface area contributed by atoms with Gasteiger partial charge in [0.15, 0.2) is 0 Å². The summed E-state index contributed by atoms with van der Waals surface area (Å²) in [5, 5.41) is 5.18. The number of pyridine rings is 1. The number of hydrogen-bond acceptors (Lipinski definition) is 2. The lowest BCUT2D eigenvalue weighted by Crippen LogP contribution is -2.24. The van der Waals surface area contributed by atoms with E-state index in [4.69, 9.17) is 28.2 Å². The molecule has 0 aliphatic carbocycles. The molecule has 0 bridgehead atoms. The maximum Gasteiger partial charge on any atom is 0.252 e. The molecule has 0 saturated heterocycles. The molecule has 5 heteroatoms. The Morgan fingerprint density at radius 2 is 1.52 bits per heavy atom. The van der Waals surface area contributed by atoms with Crippen molar-refractivity contribution in [1.82, 2.24) is 10.3 Å². The maximum atomic E-state index is 13.2. The zero-order chi connectivity index (χ0) is 20.4. The van der Waals surface area contributed by atoms with Gasteiger partial charge in [0, 0.05) is 27.5 Å². The van der Waals surface area contributed by atoms with Crippen LogP contribution in [-0.4, -0.2) is 10.9 Å². The number of fused-ring (bicyclic) bond motifs is 1. The zero-order valence-corrected chi connectivity index (χ0v) is 17.3. The average Bonchev–Trinajstić information content (AvgIpc) is 2.73. The molecule has 1 heterocycles. The van der Waals surface area contributed by atoms with Gasteiger partial charge in [-0.3, -0.25) is 4.79 Å². The molecule has 1 amide bonds. The Morgan fingerprint density at radius 1 is 0.897 bits per heavy atom. The lowest BCUT2D eigenvalue weighted by molar-refractivity contribution is 0.0952. The van der Waals surface area contributed by atoms with Crippen molar-refractivity contribution in [1.29, 1.82) is 0 Å². The lowest BCUT2D eigenvalue weighted by Gasteiger charge is -2.15. The Labute approximate surface area is 179 Å². The molecule has 0 fully saturated rings. The largest absolute Gasteiger partial charge is 0.348 e. The molecule has 0 saturated carbocycles. The summed E-state index contributed by atoms with van der Waals surface area (Å²) in [5.41, 5.74) is 4.92. The Balaban J connectivity index is 1.75. The van der Waals surface area contributed by atoms with E-state index in [2.05, 4.69) is 5.32 Å². The molecular weight excluding hydrogens is 403 g/mol. The minimum absolute atomic E-state index is 0.133. The van der Waals surface area contributed by atoms with E-state index < -0.39 is 0 Å². The Kier molecular flexibility index (Phi) is 5.52. The van der Waals surface area contributed by atoms with Gasteiger partial charge in [-0.1, -0.05) is 65.7 Å². The summed E-state index contributed by atoms with van der Waals surface area (Å²) in [6, 6.07) is 22.6. The fraction of sp³-hybridized carbons (Fsp3) is 0.0833. The molecule has 1 N–H and O–H groups in total. The van der Waals surface area contributed by atoms with Crippen LogP contribution < -0.4 is 5.32 Å². The van der Waals surface area contributed by atoms with Crippen molar-refractivity contribution in [2.45, 2.75) is 13.5 Å². The minimum atomic E-state index is -0.133. The molecule has 3 aromatic carbocycles. The molecule has 4 rings (SSSR count). The number of halogens is 2. The fourth-order valence-corrected chi connectivity index (χ4v) is 3.61. The SMILES string of the molecule is Cc1c(-c2ccc(Cl)cc2)nc2ccccc2c1C(=O)NCc1ccc(Cl)cc1. The highest BCUT2D eigenvalue weighted by Gasteiger charge is 2.18. The highest BCUT2D eigenvalue weighted by molar-refractivity contribution is 6.30. The van der Waals surface area contributed by atoms with Crippen molar-refractivity contribution in [2.24, 2.45) is 0 Å². The van der Waals surface area contributed by atoms with E-state index in [1.807, 2.05) is 79.7 Å². The summed E-state index contributed by atoms with van der Waals surface area (Å²) in [5.74, 6) is -0.133. The van der Waals surface area contributed by atoms with Gasteiger partial charge in [-0.15, -0.1) is 0 Å². The van der Waals surface area contributed by atoms with Crippen LogP contribution in [0.5, 0.6) is 0 Å². The number of aromatic nitrogens is 1. The molecule has 0 aliphatic heterocycles. The summed E-state index contributed by atoms with van der Waals surface area (Å²) in [7, 11) is 0. The van der Waals surface area contributed by atoms with Crippen LogP contribution in [0.4, 0.5) is 0 Å². The first-order valence-corrected chi connectivity index (χ1v) is 9.96. The molecule has 4 aromatic rings. The number of para-hydroxylation sites is 1. The number of amides is 1. The van der Waals surface area contributed by atoms with Gasteiger partial charge in [0.2, 0.25) is 0 Å². The van der Waals surface area contributed by atoms with E-state index >= 15 is 0 Å². The van der Waals surface area contributed by atoms with Gasteiger partial charge in [0.1, 0.15) is 0 Å². The van der Waals surface area contributed by atoms with E-state index in [1.165, 1.54) is 0 Å². The summed E-state index contributed by atoms with van der Waals surface area (Å²) in [4.78, 5) is 18.0. The predicted octanol–water partition coefficient (Wildman–Crippen LogP) is 6.45. The zero-order valence-electron chi connectivity index (χ0n) is 15.7. The van der Waals surface area contributed by atoms with Crippen molar-refractivity contribution in [3.05, 3.63) is 99.5 Å². The molecule has 144 valence electrons. The number of carbonyl (C=O) groups is 1. The lowest BCUT2D eigenvalue weighted by atomic mass is 9.97. The smallest absolute Gasteiger partial charge is 0.252 e. The predicted molar refractivity (Wildman–Crippen MR) is 120 cm³/mol. The Bertz CT molecular complexity index is 1190. The second-order valence-electron chi connectivity index (χ2n) is 6.79. The number of rotatable bonds is 4. The molecular formula is C24H18Cl2N2O. The average molecular weight is 421 g/mol. The van der Waals surface area contributed by atoms with Gasteiger partial charge >= 0.3 is 0 Å². The Morgan fingerprint density at radius 3 is 2.21 bits per heavy atom. The number of nitrogens with one attached hydrogen (secondary N) is 1. The molecule has 0 unspecified atom stereocenters. The minimum Gasteiger partial charge on any atom is -0.348 e. The Hall–Kier alpha value is -2.88. The first-order valence-electron chi connectivity index (χ1n) is 9.21. The van der Waals surface area contributed by atoms with Crippen molar-refractivity contribution in [3.63, 3.8) is 0 Å². The number of nitrogens with zero attached hydrogens (tertiary/aromatic N) is 1. The van der Waals surface area contributed by atoms with E-state index in [0.29, 0.717) is 22.2 Å². The molecule has 0 spiro atoms. The summed E-state index contributed by atoms with van der Waals surface area (Å²) >= 11 is 12.0. The third kappa shape index (κ3) is 4.12. The second-order valence-corrected chi connectivity index (χ2v) is 7.67. The van der Waals surface area contributed by atoms with E-state index in [0.717, 1.165) is 33.3 Å². The number of carbonyl (C=O) groups excluding carboxylic acids is 1. The van der Waals surface area contributed by atoms with Crippen molar-refractivity contribution in [2.75, 3.05) is 0 Å². The van der Waals surface area contributed by atoms with Crippen molar-refractivity contribution in [3.8, 4) is 11.3 Å². The quantitative estimate of drug-likeness (QED) is 0.412. The molecule has 0 radical (unpaired) electrons. The molecule has 3 nitrogen and oxygen atoms in total. The highest BCUT2D eigenvalue weighted by atomic mass is 35.5. The van der Waals surface area contributed by atoms with Gasteiger partial charge in [-0.05, 0) is 48.4 Å².